The molecule has 0 atom stereocenters. The van der Waals surface area contributed by atoms with Crippen LogP contribution < -0.4 is 4.74 Å². The van der Waals surface area contributed by atoms with E-state index in [1.807, 2.05) is 25.1 Å². The highest BCUT2D eigenvalue weighted by Crippen LogP contribution is 2.25. The number of phenols is 2. The zero-order chi connectivity index (χ0) is 15.2. The van der Waals surface area contributed by atoms with Crippen LogP contribution in [0.1, 0.15) is 18.1 Å². The second-order valence-corrected chi connectivity index (χ2v) is 4.46. The Morgan fingerprint density at radius 1 is 1.14 bits per heavy atom. The first-order chi connectivity index (χ1) is 10.1. The van der Waals surface area contributed by atoms with Crippen molar-refractivity contribution in [3.05, 3.63) is 59.7 Å². The lowest BCUT2D eigenvalue weighted by atomic mass is 10.1. The Morgan fingerprint density at radius 3 is 2.62 bits per heavy atom. The summed E-state index contributed by atoms with van der Waals surface area (Å²) >= 11 is 0. The maximum absolute atomic E-state index is 11.8. The van der Waals surface area contributed by atoms with Crippen LogP contribution in [0.15, 0.2) is 48.5 Å². The van der Waals surface area contributed by atoms with Gasteiger partial charge in [-0.2, -0.15) is 0 Å². The fourth-order valence-electron chi connectivity index (χ4n) is 1.85. The van der Waals surface area contributed by atoms with Crippen molar-refractivity contribution in [3.8, 4) is 17.2 Å². The van der Waals surface area contributed by atoms with E-state index in [0.717, 1.165) is 12.0 Å². The topological polar surface area (TPSA) is 66.8 Å². The van der Waals surface area contributed by atoms with Crippen LogP contribution in [-0.4, -0.2) is 16.2 Å². The summed E-state index contributed by atoms with van der Waals surface area (Å²) in [6, 6.07) is 11.7. The first-order valence-electron chi connectivity index (χ1n) is 6.60. The fourth-order valence-corrected chi connectivity index (χ4v) is 1.85. The van der Waals surface area contributed by atoms with Gasteiger partial charge >= 0.3 is 5.97 Å². The molecule has 0 fully saturated rings. The fraction of sp³-hybridized carbons (Fsp3) is 0.118. The molecule has 108 valence electrons. The van der Waals surface area contributed by atoms with E-state index >= 15 is 0 Å². The Hall–Kier alpha value is -2.75. The zero-order valence-electron chi connectivity index (χ0n) is 11.6. The van der Waals surface area contributed by atoms with Crippen molar-refractivity contribution in [3.63, 3.8) is 0 Å². The lowest BCUT2D eigenvalue weighted by molar-refractivity contribution is -0.128. The van der Waals surface area contributed by atoms with Crippen LogP contribution in [0.25, 0.3) is 6.08 Å². The largest absolute Gasteiger partial charge is 0.504 e. The molecule has 2 aromatic rings. The van der Waals surface area contributed by atoms with Gasteiger partial charge in [-0.15, -0.1) is 0 Å². The first kappa shape index (κ1) is 14.7. The Balaban J connectivity index is 2.07. The van der Waals surface area contributed by atoms with E-state index < -0.39 is 5.97 Å². The van der Waals surface area contributed by atoms with Crippen molar-refractivity contribution in [1.82, 2.24) is 0 Å². The van der Waals surface area contributed by atoms with E-state index in [1.165, 1.54) is 24.3 Å². The summed E-state index contributed by atoms with van der Waals surface area (Å²) in [6.45, 7) is 1.99. The maximum atomic E-state index is 11.8. The molecule has 0 spiro atoms. The Bertz CT molecular complexity index is 674. The Kier molecular flexibility index (Phi) is 4.61. The number of ether oxygens (including phenoxy) is 1. The number of hydrogen-bond acceptors (Lipinski definition) is 4. The van der Waals surface area contributed by atoms with Crippen LogP contribution in [0.4, 0.5) is 0 Å². The third kappa shape index (κ3) is 3.86. The number of esters is 1. The molecule has 4 heteroatoms. The average molecular weight is 284 g/mol. The van der Waals surface area contributed by atoms with Gasteiger partial charge in [0.25, 0.3) is 0 Å². The van der Waals surface area contributed by atoms with Gasteiger partial charge in [0.2, 0.25) is 0 Å². The molecule has 2 aromatic carbocycles. The predicted octanol–water partition coefficient (Wildman–Crippen LogP) is 3.28. The molecule has 0 heterocycles. The van der Waals surface area contributed by atoms with E-state index in [9.17, 15) is 15.0 Å². The minimum absolute atomic E-state index is 0.202. The van der Waals surface area contributed by atoms with Crippen LogP contribution in [0, 0.1) is 0 Å². The summed E-state index contributed by atoms with van der Waals surface area (Å²) in [5, 5.41) is 18.6. The molecular weight excluding hydrogens is 268 g/mol. The van der Waals surface area contributed by atoms with E-state index in [1.54, 1.807) is 12.1 Å². The van der Waals surface area contributed by atoms with Crippen LogP contribution in [0.3, 0.4) is 0 Å². The highest BCUT2D eigenvalue weighted by molar-refractivity contribution is 5.89. The van der Waals surface area contributed by atoms with Gasteiger partial charge in [0.15, 0.2) is 11.5 Å². The molecule has 0 unspecified atom stereocenters. The summed E-state index contributed by atoms with van der Waals surface area (Å²) in [5.41, 5.74) is 1.55. The molecule has 4 nitrogen and oxygen atoms in total. The first-order valence-corrected chi connectivity index (χ1v) is 6.60. The van der Waals surface area contributed by atoms with Crippen molar-refractivity contribution in [2.45, 2.75) is 13.3 Å². The predicted molar refractivity (Wildman–Crippen MR) is 80.3 cm³/mol. The van der Waals surface area contributed by atoms with E-state index in [0.29, 0.717) is 11.3 Å². The zero-order valence-corrected chi connectivity index (χ0v) is 11.6. The van der Waals surface area contributed by atoms with Gasteiger partial charge in [-0.1, -0.05) is 31.2 Å². The smallest absolute Gasteiger partial charge is 0.336 e. The number of rotatable bonds is 4. The standard InChI is InChI=1S/C17H16O4/c1-2-13-5-3-4-6-16(13)21-17(20)10-8-12-7-9-14(18)15(19)11-12/h3-11,18-19H,2H2,1H3/b10-8+. The molecule has 0 bridgehead atoms. The van der Waals surface area contributed by atoms with Gasteiger partial charge in [0.05, 0.1) is 0 Å². The van der Waals surface area contributed by atoms with Gasteiger partial charge in [-0.3, -0.25) is 0 Å². The Morgan fingerprint density at radius 2 is 1.90 bits per heavy atom. The van der Waals surface area contributed by atoms with Gasteiger partial charge in [-0.05, 0) is 41.8 Å². The molecule has 0 saturated carbocycles. The molecule has 0 amide bonds. The lowest BCUT2D eigenvalue weighted by Crippen LogP contribution is -2.05. The molecule has 2 rings (SSSR count). The second kappa shape index (κ2) is 6.61. The Labute approximate surface area is 122 Å². The number of aryl methyl sites for hydroxylation is 1. The van der Waals surface area contributed by atoms with Crippen LogP contribution >= 0.6 is 0 Å². The molecule has 0 aromatic heterocycles. The number of aromatic hydroxyl groups is 2. The number of para-hydroxylation sites is 1. The highest BCUT2D eigenvalue weighted by atomic mass is 16.5. The minimum atomic E-state index is -0.497. The molecule has 21 heavy (non-hydrogen) atoms. The molecule has 0 saturated heterocycles. The average Bonchev–Trinajstić information content (AvgIpc) is 2.49. The normalized spacial score (nSPS) is 10.7. The summed E-state index contributed by atoms with van der Waals surface area (Å²) in [6.07, 6.45) is 3.56. The number of carbonyl (C=O) groups is 1. The summed E-state index contributed by atoms with van der Waals surface area (Å²) in [7, 11) is 0. The highest BCUT2D eigenvalue weighted by Gasteiger charge is 2.05. The second-order valence-electron chi connectivity index (χ2n) is 4.46. The van der Waals surface area contributed by atoms with Crippen molar-refractivity contribution < 1.29 is 19.7 Å². The van der Waals surface area contributed by atoms with Gasteiger partial charge in [-0.25, -0.2) is 4.79 Å². The van der Waals surface area contributed by atoms with Crippen molar-refractivity contribution in [2.75, 3.05) is 0 Å². The third-order valence-corrected chi connectivity index (χ3v) is 2.98. The number of benzene rings is 2. The number of carbonyl (C=O) groups excluding carboxylic acids is 1. The van der Waals surface area contributed by atoms with Crippen LogP contribution in [-0.2, 0) is 11.2 Å². The summed E-state index contributed by atoms with van der Waals surface area (Å²) < 4.78 is 5.27. The van der Waals surface area contributed by atoms with E-state index in [-0.39, 0.29) is 11.5 Å². The van der Waals surface area contributed by atoms with Crippen molar-refractivity contribution in [2.24, 2.45) is 0 Å². The molecule has 0 radical (unpaired) electrons. The van der Waals surface area contributed by atoms with E-state index in [4.69, 9.17) is 4.74 Å². The maximum Gasteiger partial charge on any atom is 0.336 e. The van der Waals surface area contributed by atoms with Gasteiger partial charge in [0, 0.05) is 6.08 Å². The lowest BCUT2D eigenvalue weighted by Gasteiger charge is -2.06. The minimum Gasteiger partial charge on any atom is -0.504 e. The van der Waals surface area contributed by atoms with E-state index in [2.05, 4.69) is 0 Å². The van der Waals surface area contributed by atoms with Crippen LogP contribution in [0.2, 0.25) is 0 Å². The molecule has 0 aliphatic heterocycles. The third-order valence-electron chi connectivity index (χ3n) is 2.98. The number of hydrogen-bond donors (Lipinski definition) is 2. The quantitative estimate of drug-likeness (QED) is 0.391. The summed E-state index contributed by atoms with van der Waals surface area (Å²) in [5.74, 6) is -0.389. The number of phenolic OH excluding ortho intramolecular Hbond substituents is 2. The molecular formula is C17H16O4. The summed E-state index contributed by atoms with van der Waals surface area (Å²) in [4.78, 5) is 11.8. The monoisotopic (exact) mass is 284 g/mol. The van der Waals surface area contributed by atoms with Gasteiger partial charge < -0.3 is 14.9 Å². The molecule has 0 aliphatic carbocycles. The SMILES string of the molecule is CCc1ccccc1OC(=O)/C=C/c1ccc(O)c(O)c1. The van der Waals surface area contributed by atoms with Crippen LogP contribution in [0.5, 0.6) is 17.2 Å². The van der Waals surface area contributed by atoms with Gasteiger partial charge in [0.1, 0.15) is 5.75 Å². The van der Waals surface area contributed by atoms with Crippen molar-refractivity contribution in [1.29, 1.82) is 0 Å². The molecule has 0 aliphatic rings. The molecule has 2 N–H and O–H groups in total. The van der Waals surface area contributed by atoms with Crippen molar-refractivity contribution >= 4 is 12.0 Å².